The first-order valence-electron chi connectivity index (χ1n) is 9.49. The molecule has 1 aliphatic rings. The molecule has 1 heterocycles. The number of sulfonamides is 1. The molecule has 1 aromatic heterocycles. The van der Waals surface area contributed by atoms with Crippen LogP contribution in [0.15, 0.2) is 56.8 Å². The molecule has 0 radical (unpaired) electrons. The van der Waals surface area contributed by atoms with Crippen LogP contribution in [0.3, 0.4) is 0 Å². The molecule has 1 aromatic rings. The Morgan fingerprint density at radius 1 is 1.24 bits per heavy atom. The maximum Gasteiger partial charge on any atom is 0.322 e. The van der Waals surface area contributed by atoms with Crippen LogP contribution >= 0.6 is 11.3 Å². The van der Waals surface area contributed by atoms with Crippen molar-refractivity contribution in [3.63, 3.8) is 0 Å². The molecule has 0 bridgehead atoms. The Hall–Kier alpha value is -2.03. The summed E-state index contributed by atoms with van der Waals surface area (Å²) in [6.07, 6.45) is 13.9. The number of aromatic nitrogens is 2. The van der Waals surface area contributed by atoms with Crippen molar-refractivity contribution in [3.05, 3.63) is 66.7 Å². The van der Waals surface area contributed by atoms with Crippen LogP contribution in [0.5, 0.6) is 0 Å². The fraction of sp³-hybridized carbons (Fsp3) is 0.429. The minimum absolute atomic E-state index is 0.173. The fourth-order valence-corrected chi connectivity index (χ4v) is 5.14. The molecule has 0 atom stereocenters. The van der Waals surface area contributed by atoms with Crippen LogP contribution in [0.1, 0.15) is 52.0 Å². The van der Waals surface area contributed by atoms with Gasteiger partial charge in [-0.3, -0.25) is 4.79 Å². The zero-order valence-electron chi connectivity index (χ0n) is 17.6. The molecule has 0 spiro atoms. The minimum atomic E-state index is -3.44. The maximum atomic E-state index is 12.4. The van der Waals surface area contributed by atoms with Crippen LogP contribution in [0, 0.1) is 5.41 Å². The number of nitrogens with one attached hydrogen (secondary N) is 2. The smallest absolute Gasteiger partial charge is 0.255 e. The Morgan fingerprint density at radius 2 is 1.97 bits per heavy atom. The van der Waals surface area contributed by atoms with Gasteiger partial charge in [0.15, 0.2) is 0 Å². The molecule has 158 valence electrons. The van der Waals surface area contributed by atoms with Crippen molar-refractivity contribution in [1.82, 2.24) is 14.9 Å². The number of rotatable bonds is 7. The lowest BCUT2D eigenvalue weighted by atomic mass is 9.75. The Bertz CT molecular complexity index is 1050. The summed E-state index contributed by atoms with van der Waals surface area (Å²) in [5, 5.41) is 6.95. The second-order valence-electron chi connectivity index (χ2n) is 7.72. The summed E-state index contributed by atoms with van der Waals surface area (Å²) in [5.41, 5.74) is 2.67. The van der Waals surface area contributed by atoms with Gasteiger partial charge in [-0.25, -0.2) is 18.2 Å². The van der Waals surface area contributed by atoms with E-state index in [-0.39, 0.29) is 10.3 Å². The first-order chi connectivity index (χ1) is 13.5. The van der Waals surface area contributed by atoms with Crippen LogP contribution in [-0.2, 0) is 10.0 Å². The third kappa shape index (κ3) is 6.48. The number of aromatic amines is 1. The molecule has 0 saturated heterocycles. The average molecular weight is 436 g/mol. The van der Waals surface area contributed by atoms with Crippen molar-refractivity contribution in [2.75, 3.05) is 7.05 Å². The lowest BCUT2D eigenvalue weighted by molar-refractivity contribution is 0.381. The monoisotopic (exact) mass is 435 g/mol. The Labute approximate surface area is 176 Å². The highest BCUT2D eigenvalue weighted by molar-refractivity contribution is 7.93. The first-order valence-corrected chi connectivity index (χ1v) is 11.8. The standard InChI is InChI=1S/C21H29N3O3S2/c1-15(8-6-9-16(2)14-19-23-24-20(25)28-19)11-12-17-18(29(26,27)22-5)10-7-13-21(17,3)4/h6,8-9,11-12,14,22H,7,10,13H2,1-5H3,(H,24,25)/b9-6+,12-11+,15-8+,16-14+. The molecule has 8 heteroatoms. The third-order valence-corrected chi connectivity index (χ3v) is 7.17. The molecule has 0 unspecified atom stereocenters. The molecule has 6 nitrogen and oxygen atoms in total. The van der Waals surface area contributed by atoms with Gasteiger partial charge in [-0.1, -0.05) is 61.1 Å². The van der Waals surface area contributed by atoms with Gasteiger partial charge in [0.1, 0.15) is 5.01 Å². The van der Waals surface area contributed by atoms with Crippen LogP contribution < -0.4 is 9.60 Å². The second-order valence-corrected chi connectivity index (χ2v) is 10.6. The number of hydrogen-bond donors (Lipinski definition) is 2. The first kappa shape index (κ1) is 23.3. The number of H-pyrrole nitrogens is 1. The predicted octanol–water partition coefficient (Wildman–Crippen LogP) is 4.31. The number of nitrogens with zero attached hydrogens (tertiary/aromatic N) is 1. The zero-order chi connectivity index (χ0) is 21.7. The Kier molecular flexibility index (Phi) is 7.73. The van der Waals surface area contributed by atoms with Gasteiger partial charge in [0.25, 0.3) is 0 Å². The van der Waals surface area contributed by atoms with Crippen molar-refractivity contribution < 1.29 is 8.42 Å². The third-order valence-electron chi connectivity index (χ3n) is 4.87. The van der Waals surface area contributed by atoms with Gasteiger partial charge < -0.3 is 0 Å². The van der Waals surface area contributed by atoms with Crippen molar-refractivity contribution in [2.45, 2.75) is 47.0 Å². The molecular weight excluding hydrogens is 406 g/mol. The summed E-state index contributed by atoms with van der Waals surface area (Å²) in [6.45, 7) is 8.09. The van der Waals surface area contributed by atoms with Gasteiger partial charge in [0, 0.05) is 0 Å². The maximum absolute atomic E-state index is 12.4. The van der Waals surface area contributed by atoms with E-state index >= 15 is 0 Å². The van der Waals surface area contributed by atoms with Gasteiger partial charge in [0.05, 0.1) is 4.91 Å². The molecule has 0 aliphatic heterocycles. The van der Waals surface area contributed by atoms with Crippen molar-refractivity contribution in [3.8, 4) is 0 Å². The summed E-state index contributed by atoms with van der Waals surface area (Å²) >= 11 is 1.07. The number of hydrogen-bond acceptors (Lipinski definition) is 5. The zero-order valence-corrected chi connectivity index (χ0v) is 19.2. The van der Waals surface area contributed by atoms with E-state index in [1.807, 2.05) is 50.3 Å². The molecule has 1 aliphatic carbocycles. The topological polar surface area (TPSA) is 91.9 Å². The van der Waals surface area contributed by atoms with E-state index in [1.165, 1.54) is 7.05 Å². The predicted molar refractivity (Wildman–Crippen MR) is 121 cm³/mol. The lowest BCUT2D eigenvalue weighted by Gasteiger charge is -2.33. The summed E-state index contributed by atoms with van der Waals surface area (Å²) in [7, 11) is -1.98. The highest BCUT2D eigenvalue weighted by atomic mass is 32.2. The second kappa shape index (κ2) is 9.65. The summed E-state index contributed by atoms with van der Waals surface area (Å²) in [6, 6.07) is 0. The molecular formula is C21H29N3O3S2. The molecule has 0 saturated carbocycles. The van der Waals surface area contributed by atoms with Crippen molar-refractivity contribution in [2.24, 2.45) is 5.41 Å². The largest absolute Gasteiger partial charge is 0.322 e. The molecule has 29 heavy (non-hydrogen) atoms. The molecule has 0 aromatic carbocycles. The van der Waals surface area contributed by atoms with Crippen molar-refractivity contribution in [1.29, 1.82) is 0 Å². The van der Waals surface area contributed by atoms with E-state index < -0.39 is 10.0 Å². The minimum Gasteiger partial charge on any atom is -0.255 e. The van der Waals surface area contributed by atoms with E-state index in [2.05, 4.69) is 28.8 Å². The van der Waals surface area contributed by atoms with Gasteiger partial charge in [0.2, 0.25) is 10.0 Å². The molecule has 2 N–H and O–H groups in total. The van der Waals surface area contributed by atoms with Crippen LogP contribution in [0.25, 0.3) is 6.08 Å². The summed E-state index contributed by atoms with van der Waals surface area (Å²) in [5.74, 6) is 0. The Balaban J connectivity index is 2.21. The number of allylic oxidation sites excluding steroid dienone is 9. The van der Waals surface area contributed by atoms with Crippen LogP contribution in [0.4, 0.5) is 0 Å². The van der Waals surface area contributed by atoms with E-state index in [1.54, 1.807) is 0 Å². The van der Waals surface area contributed by atoms with Crippen LogP contribution in [-0.4, -0.2) is 25.7 Å². The average Bonchev–Trinajstić information content (AvgIpc) is 3.04. The van der Waals surface area contributed by atoms with E-state index in [4.69, 9.17) is 0 Å². The van der Waals surface area contributed by atoms with E-state index in [9.17, 15) is 13.2 Å². The quantitative estimate of drug-likeness (QED) is 0.624. The van der Waals surface area contributed by atoms with Gasteiger partial charge in [-0.2, -0.15) is 5.10 Å². The highest BCUT2D eigenvalue weighted by Gasteiger charge is 2.33. The molecule has 2 rings (SSSR count). The van der Waals surface area contributed by atoms with Gasteiger partial charge in [-0.05, 0) is 62.8 Å². The lowest BCUT2D eigenvalue weighted by Crippen LogP contribution is -2.28. The Morgan fingerprint density at radius 3 is 2.59 bits per heavy atom. The van der Waals surface area contributed by atoms with Gasteiger partial charge >= 0.3 is 4.87 Å². The van der Waals surface area contributed by atoms with E-state index in [0.717, 1.165) is 40.9 Å². The fourth-order valence-electron chi connectivity index (χ4n) is 3.23. The molecule has 0 fully saturated rings. The summed E-state index contributed by atoms with van der Waals surface area (Å²) < 4.78 is 27.3. The van der Waals surface area contributed by atoms with Crippen LogP contribution in [0.2, 0.25) is 0 Å². The van der Waals surface area contributed by atoms with E-state index in [0.29, 0.717) is 16.3 Å². The summed E-state index contributed by atoms with van der Waals surface area (Å²) in [4.78, 5) is 11.4. The SMILES string of the molecule is CNS(=O)(=O)C1=C(/C=C/C(C)=C/C=C/C(C)=C/c2n[nH]c(=O)s2)C(C)(C)CCC1. The molecule has 0 amide bonds. The van der Waals surface area contributed by atoms with Crippen molar-refractivity contribution >= 4 is 27.4 Å². The normalized spacial score (nSPS) is 18.9. The highest BCUT2D eigenvalue weighted by Crippen LogP contribution is 2.42. The van der Waals surface area contributed by atoms with Gasteiger partial charge in [-0.15, -0.1) is 0 Å².